The SMILES string of the molecule is COc1c(OCCCN2CCOCC2)cc2nc3ccccc3c(NC(C)C)c2c1OC(=O)C(F)(F)F. The number of pyridine rings is 1. The second kappa shape index (κ2) is 11.4. The van der Waals surface area contributed by atoms with Gasteiger partial charge >= 0.3 is 12.1 Å². The van der Waals surface area contributed by atoms with Gasteiger partial charge in [-0.25, -0.2) is 9.78 Å². The average Bonchev–Trinajstić information content (AvgIpc) is 2.86. The summed E-state index contributed by atoms with van der Waals surface area (Å²) in [4.78, 5) is 18.9. The number of carbonyl (C=O) groups excluding carboxylic acids is 1. The van der Waals surface area contributed by atoms with E-state index in [4.69, 9.17) is 18.9 Å². The molecule has 0 aliphatic carbocycles. The van der Waals surface area contributed by atoms with E-state index in [-0.39, 0.29) is 29.5 Å². The van der Waals surface area contributed by atoms with Crippen LogP contribution in [0.5, 0.6) is 17.2 Å². The Morgan fingerprint density at radius 3 is 2.57 bits per heavy atom. The molecule has 0 unspecified atom stereocenters. The van der Waals surface area contributed by atoms with Crippen LogP contribution < -0.4 is 19.5 Å². The number of fused-ring (bicyclic) bond motifs is 2. The standard InChI is InChI=1S/C26H30F3N3O5/c1-16(2)30-22-17-7-4-5-8-18(17)31-19-15-20(36-12-6-9-32-10-13-35-14-11-32)23(34-3)24(21(19)22)37-25(33)26(27,28)29/h4-5,7-8,15-16H,6,9-14H2,1-3H3,(H,30,31). The molecule has 1 aromatic heterocycles. The van der Waals surface area contributed by atoms with Crippen molar-refractivity contribution in [3.8, 4) is 17.2 Å². The summed E-state index contributed by atoms with van der Waals surface area (Å²) >= 11 is 0. The number of para-hydroxylation sites is 1. The van der Waals surface area contributed by atoms with Crippen molar-refractivity contribution in [2.45, 2.75) is 32.5 Å². The zero-order chi connectivity index (χ0) is 26.6. The van der Waals surface area contributed by atoms with Crippen LogP contribution >= 0.6 is 0 Å². The van der Waals surface area contributed by atoms with Crippen LogP contribution in [-0.2, 0) is 9.53 Å². The van der Waals surface area contributed by atoms with Crippen molar-refractivity contribution in [1.82, 2.24) is 9.88 Å². The number of benzene rings is 2. The number of anilines is 1. The molecular formula is C26H30F3N3O5. The summed E-state index contributed by atoms with van der Waals surface area (Å²) < 4.78 is 61.5. The van der Waals surface area contributed by atoms with Crippen molar-refractivity contribution in [3.63, 3.8) is 0 Å². The maximum Gasteiger partial charge on any atom is 0.491 e. The number of rotatable bonds is 9. The predicted molar refractivity (Wildman–Crippen MR) is 134 cm³/mol. The Hall–Kier alpha value is -3.31. The van der Waals surface area contributed by atoms with Gasteiger partial charge in [0.15, 0.2) is 11.5 Å². The van der Waals surface area contributed by atoms with Crippen LogP contribution in [0, 0.1) is 0 Å². The number of nitrogens with zero attached hydrogens (tertiary/aromatic N) is 2. The Balaban J connectivity index is 1.80. The largest absolute Gasteiger partial charge is 0.491 e. The Bertz CT molecular complexity index is 1260. The van der Waals surface area contributed by atoms with Gasteiger partial charge in [0, 0.05) is 37.1 Å². The zero-order valence-corrected chi connectivity index (χ0v) is 21.0. The van der Waals surface area contributed by atoms with Gasteiger partial charge < -0.3 is 24.3 Å². The molecule has 0 spiro atoms. The van der Waals surface area contributed by atoms with Crippen molar-refractivity contribution in [2.24, 2.45) is 0 Å². The van der Waals surface area contributed by atoms with Crippen LogP contribution in [0.15, 0.2) is 30.3 Å². The summed E-state index contributed by atoms with van der Waals surface area (Å²) in [6.45, 7) is 7.87. The second-order valence-electron chi connectivity index (χ2n) is 8.98. The fraction of sp³-hybridized carbons (Fsp3) is 0.462. The third-order valence-corrected chi connectivity index (χ3v) is 5.89. The molecule has 0 bridgehead atoms. The van der Waals surface area contributed by atoms with Crippen LogP contribution in [0.4, 0.5) is 18.9 Å². The first kappa shape index (κ1) is 26.7. The van der Waals surface area contributed by atoms with Gasteiger partial charge in [-0.05, 0) is 26.3 Å². The molecule has 2 heterocycles. The first-order valence-electron chi connectivity index (χ1n) is 12.1. The van der Waals surface area contributed by atoms with Gasteiger partial charge in [-0.15, -0.1) is 0 Å². The number of esters is 1. The highest BCUT2D eigenvalue weighted by molar-refractivity contribution is 6.12. The number of ether oxygens (including phenoxy) is 4. The first-order chi connectivity index (χ1) is 17.7. The van der Waals surface area contributed by atoms with E-state index in [1.807, 2.05) is 19.9 Å². The smallest absolute Gasteiger partial charge is 0.490 e. The lowest BCUT2D eigenvalue weighted by atomic mass is 10.0. The van der Waals surface area contributed by atoms with E-state index in [0.717, 1.165) is 19.6 Å². The number of aromatic nitrogens is 1. The fourth-order valence-electron chi connectivity index (χ4n) is 4.26. The van der Waals surface area contributed by atoms with E-state index in [1.165, 1.54) is 7.11 Å². The summed E-state index contributed by atoms with van der Waals surface area (Å²) in [6, 6.07) is 8.73. The van der Waals surface area contributed by atoms with Crippen LogP contribution in [0.2, 0.25) is 0 Å². The van der Waals surface area contributed by atoms with E-state index < -0.39 is 17.9 Å². The van der Waals surface area contributed by atoms with Crippen LogP contribution in [0.1, 0.15) is 20.3 Å². The number of morpholine rings is 1. The third kappa shape index (κ3) is 6.16. The van der Waals surface area contributed by atoms with Crippen molar-refractivity contribution >= 4 is 33.5 Å². The van der Waals surface area contributed by atoms with Crippen molar-refractivity contribution in [1.29, 1.82) is 0 Å². The summed E-state index contributed by atoms with van der Waals surface area (Å²) in [5, 5.41) is 4.14. The summed E-state index contributed by atoms with van der Waals surface area (Å²) in [6.07, 6.45) is -4.54. The number of methoxy groups -OCH3 is 1. The van der Waals surface area contributed by atoms with E-state index in [2.05, 4.69) is 15.2 Å². The Morgan fingerprint density at radius 1 is 1.16 bits per heavy atom. The monoisotopic (exact) mass is 521 g/mol. The van der Waals surface area contributed by atoms with E-state index >= 15 is 0 Å². The molecule has 1 aliphatic heterocycles. The molecule has 37 heavy (non-hydrogen) atoms. The van der Waals surface area contributed by atoms with Gasteiger partial charge in [0.1, 0.15) is 0 Å². The molecule has 200 valence electrons. The molecule has 4 rings (SSSR count). The molecular weight excluding hydrogens is 491 g/mol. The highest BCUT2D eigenvalue weighted by Gasteiger charge is 2.42. The summed E-state index contributed by atoms with van der Waals surface area (Å²) in [5.74, 6) is -2.73. The Kier molecular flexibility index (Phi) is 8.23. The molecule has 1 saturated heterocycles. The minimum absolute atomic E-state index is 0.0812. The number of alkyl halides is 3. The van der Waals surface area contributed by atoms with Crippen LogP contribution in [-0.4, -0.2) is 74.6 Å². The molecule has 3 aromatic rings. The van der Waals surface area contributed by atoms with Crippen molar-refractivity contribution < 1.29 is 36.9 Å². The number of halogens is 3. The lowest BCUT2D eigenvalue weighted by Gasteiger charge is -2.26. The Labute approximate surface area is 212 Å². The second-order valence-corrected chi connectivity index (χ2v) is 8.98. The maximum absolute atomic E-state index is 13.3. The van der Waals surface area contributed by atoms with Gasteiger partial charge in [0.05, 0.1) is 49.0 Å². The molecule has 2 aromatic carbocycles. The van der Waals surface area contributed by atoms with E-state index in [9.17, 15) is 18.0 Å². The molecule has 11 heteroatoms. The summed E-state index contributed by atoms with van der Waals surface area (Å²) in [5.41, 5.74) is 1.41. The molecule has 0 saturated carbocycles. The lowest BCUT2D eigenvalue weighted by molar-refractivity contribution is -0.189. The quantitative estimate of drug-likeness (QED) is 0.186. The average molecular weight is 522 g/mol. The van der Waals surface area contributed by atoms with Crippen molar-refractivity contribution in [2.75, 3.05) is 51.9 Å². The lowest BCUT2D eigenvalue weighted by Crippen LogP contribution is -2.37. The molecule has 8 nitrogen and oxygen atoms in total. The minimum atomic E-state index is -5.21. The Morgan fingerprint density at radius 2 is 1.89 bits per heavy atom. The fourth-order valence-corrected chi connectivity index (χ4v) is 4.26. The minimum Gasteiger partial charge on any atom is -0.490 e. The van der Waals surface area contributed by atoms with Gasteiger partial charge in [0.2, 0.25) is 5.75 Å². The maximum atomic E-state index is 13.3. The predicted octanol–water partition coefficient (Wildman–Crippen LogP) is 4.79. The first-order valence-corrected chi connectivity index (χ1v) is 12.1. The van der Waals surface area contributed by atoms with Crippen molar-refractivity contribution in [3.05, 3.63) is 30.3 Å². The van der Waals surface area contributed by atoms with Crippen LogP contribution in [0.25, 0.3) is 21.8 Å². The molecule has 0 radical (unpaired) electrons. The van der Waals surface area contributed by atoms with E-state index in [0.29, 0.717) is 41.7 Å². The zero-order valence-electron chi connectivity index (χ0n) is 21.0. The highest BCUT2D eigenvalue weighted by Crippen LogP contribution is 2.48. The molecule has 1 N–H and O–H groups in total. The number of hydrogen-bond donors (Lipinski definition) is 1. The number of carbonyl (C=O) groups is 1. The number of hydrogen-bond acceptors (Lipinski definition) is 8. The molecule has 1 fully saturated rings. The van der Waals surface area contributed by atoms with Gasteiger partial charge in [-0.1, -0.05) is 18.2 Å². The topological polar surface area (TPSA) is 82.2 Å². The van der Waals surface area contributed by atoms with E-state index in [1.54, 1.807) is 24.3 Å². The molecule has 0 amide bonds. The molecule has 0 atom stereocenters. The molecule has 1 aliphatic rings. The van der Waals surface area contributed by atoms with Gasteiger partial charge in [-0.3, -0.25) is 4.90 Å². The highest BCUT2D eigenvalue weighted by atomic mass is 19.4. The van der Waals surface area contributed by atoms with Crippen LogP contribution in [0.3, 0.4) is 0 Å². The summed E-state index contributed by atoms with van der Waals surface area (Å²) in [7, 11) is 1.29. The normalized spacial score (nSPS) is 14.8. The van der Waals surface area contributed by atoms with Gasteiger partial charge in [-0.2, -0.15) is 13.2 Å². The third-order valence-electron chi connectivity index (χ3n) is 5.89. The number of nitrogens with one attached hydrogen (secondary N) is 1. The van der Waals surface area contributed by atoms with Gasteiger partial charge in [0.25, 0.3) is 0 Å².